The highest BCUT2D eigenvalue weighted by Gasteiger charge is 2.13. The average Bonchev–Trinajstić information content (AvgIpc) is 2.45. The number of benzene rings is 2. The van der Waals surface area contributed by atoms with E-state index in [-0.39, 0.29) is 11.8 Å². The standard InChI is InChI=1S/C17H17Cl2N3O2/c1-10(17(24)22-16-7-12(18)6-13(19)8-16)20-14-4-3-5-15(9-14)21-11(2)23/h3-10,20H,1-2H3,(H,21,23)(H,22,24)/t10-/m0/s1. The van der Waals surface area contributed by atoms with Gasteiger partial charge in [0.05, 0.1) is 0 Å². The van der Waals surface area contributed by atoms with Gasteiger partial charge in [0.15, 0.2) is 0 Å². The van der Waals surface area contributed by atoms with E-state index in [4.69, 9.17) is 23.2 Å². The molecule has 0 saturated carbocycles. The number of hydrogen-bond donors (Lipinski definition) is 3. The second-order valence-electron chi connectivity index (χ2n) is 5.28. The van der Waals surface area contributed by atoms with Crippen LogP contribution in [0.3, 0.4) is 0 Å². The van der Waals surface area contributed by atoms with Crippen molar-refractivity contribution in [2.24, 2.45) is 0 Å². The fourth-order valence-corrected chi connectivity index (χ4v) is 2.61. The SMILES string of the molecule is CC(=O)Nc1cccc(N[C@@H](C)C(=O)Nc2cc(Cl)cc(Cl)c2)c1. The highest BCUT2D eigenvalue weighted by atomic mass is 35.5. The van der Waals surface area contributed by atoms with Gasteiger partial charge in [0.1, 0.15) is 6.04 Å². The van der Waals surface area contributed by atoms with Gasteiger partial charge in [-0.3, -0.25) is 9.59 Å². The smallest absolute Gasteiger partial charge is 0.246 e. The van der Waals surface area contributed by atoms with Crippen molar-refractivity contribution in [3.63, 3.8) is 0 Å². The molecule has 7 heteroatoms. The molecule has 24 heavy (non-hydrogen) atoms. The largest absolute Gasteiger partial charge is 0.374 e. The third kappa shape index (κ3) is 5.44. The summed E-state index contributed by atoms with van der Waals surface area (Å²) in [5.41, 5.74) is 1.90. The number of hydrogen-bond acceptors (Lipinski definition) is 3. The Bertz CT molecular complexity index is 745. The van der Waals surface area contributed by atoms with Crippen LogP contribution in [-0.4, -0.2) is 17.9 Å². The average molecular weight is 366 g/mol. The van der Waals surface area contributed by atoms with Crippen molar-refractivity contribution < 1.29 is 9.59 Å². The van der Waals surface area contributed by atoms with Crippen molar-refractivity contribution in [1.29, 1.82) is 0 Å². The molecule has 2 aromatic rings. The molecule has 2 amide bonds. The zero-order valence-electron chi connectivity index (χ0n) is 13.2. The van der Waals surface area contributed by atoms with Gasteiger partial charge in [0.25, 0.3) is 0 Å². The predicted molar refractivity (Wildman–Crippen MR) is 98.9 cm³/mol. The second-order valence-corrected chi connectivity index (χ2v) is 6.15. The van der Waals surface area contributed by atoms with Gasteiger partial charge in [-0.05, 0) is 43.3 Å². The summed E-state index contributed by atoms with van der Waals surface area (Å²) in [7, 11) is 0. The summed E-state index contributed by atoms with van der Waals surface area (Å²) in [6, 6.07) is 11.4. The summed E-state index contributed by atoms with van der Waals surface area (Å²) >= 11 is 11.8. The Kier molecular flexibility index (Phi) is 6.06. The lowest BCUT2D eigenvalue weighted by Gasteiger charge is -2.16. The molecule has 3 N–H and O–H groups in total. The normalized spacial score (nSPS) is 11.5. The number of rotatable bonds is 5. The monoisotopic (exact) mass is 365 g/mol. The van der Waals surface area contributed by atoms with Crippen LogP contribution in [0, 0.1) is 0 Å². The number of amides is 2. The molecule has 0 bridgehead atoms. The Morgan fingerprint density at radius 1 is 0.917 bits per heavy atom. The number of anilines is 3. The topological polar surface area (TPSA) is 70.2 Å². The van der Waals surface area contributed by atoms with Crippen LogP contribution in [0.2, 0.25) is 10.0 Å². The molecule has 0 heterocycles. The maximum atomic E-state index is 12.3. The van der Waals surface area contributed by atoms with Gasteiger partial charge in [-0.2, -0.15) is 0 Å². The molecular weight excluding hydrogens is 349 g/mol. The lowest BCUT2D eigenvalue weighted by atomic mass is 10.2. The minimum absolute atomic E-state index is 0.157. The van der Waals surface area contributed by atoms with Crippen molar-refractivity contribution in [3.05, 3.63) is 52.5 Å². The highest BCUT2D eigenvalue weighted by molar-refractivity contribution is 6.35. The Labute approximate surface area is 150 Å². The molecular formula is C17H17Cl2N3O2. The quantitative estimate of drug-likeness (QED) is 0.735. The van der Waals surface area contributed by atoms with E-state index in [0.29, 0.717) is 27.1 Å². The Balaban J connectivity index is 2.02. The molecule has 2 rings (SSSR count). The van der Waals surface area contributed by atoms with Gasteiger partial charge in [0.2, 0.25) is 11.8 Å². The Morgan fingerprint density at radius 3 is 2.17 bits per heavy atom. The van der Waals surface area contributed by atoms with Crippen LogP contribution in [0.15, 0.2) is 42.5 Å². The number of carbonyl (C=O) groups is 2. The van der Waals surface area contributed by atoms with Crippen molar-refractivity contribution in [1.82, 2.24) is 0 Å². The Morgan fingerprint density at radius 2 is 1.54 bits per heavy atom. The van der Waals surface area contributed by atoms with Gasteiger partial charge < -0.3 is 16.0 Å². The zero-order valence-corrected chi connectivity index (χ0v) is 14.7. The summed E-state index contributed by atoms with van der Waals surface area (Å²) in [5.74, 6) is -0.394. The van der Waals surface area contributed by atoms with Gasteiger partial charge >= 0.3 is 0 Å². The van der Waals surface area contributed by atoms with Gasteiger partial charge in [-0.25, -0.2) is 0 Å². The molecule has 1 atom stereocenters. The first-order valence-electron chi connectivity index (χ1n) is 7.24. The third-order valence-electron chi connectivity index (χ3n) is 3.09. The maximum Gasteiger partial charge on any atom is 0.246 e. The van der Waals surface area contributed by atoms with E-state index in [1.165, 1.54) is 6.92 Å². The van der Waals surface area contributed by atoms with Gasteiger partial charge in [0, 0.05) is 34.0 Å². The third-order valence-corrected chi connectivity index (χ3v) is 3.53. The summed E-state index contributed by atoms with van der Waals surface area (Å²) in [6.45, 7) is 3.17. The van der Waals surface area contributed by atoms with Crippen LogP contribution in [0.4, 0.5) is 17.1 Å². The molecule has 0 aliphatic heterocycles. The second kappa shape index (κ2) is 8.04. The van der Waals surface area contributed by atoms with Crippen molar-refractivity contribution in [2.45, 2.75) is 19.9 Å². The first-order chi connectivity index (χ1) is 11.3. The first kappa shape index (κ1) is 18.1. The number of nitrogens with one attached hydrogen (secondary N) is 3. The fourth-order valence-electron chi connectivity index (χ4n) is 2.08. The van der Waals surface area contributed by atoms with E-state index < -0.39 is 6.04 Å². The van der Waals surface area contributed by atoms with E-state index >= 15 is 0 Å². The molecule has 2 aromatic carbocycles. The minimum atomic E-state index is -0.504. The molecule has 0 spiro atoms. The van der Waals surface area contributed by atoms with E-state index in [1.54, 1.807) is 43.3 Å². The lowest BCUT2D eigenvalue weighted by Crippen LogP contribution is -2.31. The number of carbonyl (C=O) groups excluding carboxylic acids is 2. The van der Waals surface area contributed by atoms with Crippen LogP contribution < -0.4 is 16.0 Å². The van der Waals surface area contributed by atoms with Crippen LogP contribution in [0.1, 0.15) is 13.8 Å². The molecule has 5 nitrogen and oxygen atoms in total. The molecule has 126 valence electrons. The number of halogens is 2. The van der Waals surface area contributed by atoms with Crippen LogP contribution >= 0.6 is 23.2 Å². The molecule has 0 unspecified atom stereocenters. The van der Waals surface area contributed by atoms with E-state index in [2.05, 4.69) is 16.0 Å². The molecule has 0 radical (unpaired) electrons. The molecule has 0 fully saturated rings. The van der Waals surface area contributed by atoms with Crippen molar-refractivity contribution in [2.75, 3.05) is 16.0 Å². The maximum absolute atomic E-state index is 12.3. The van der Waals surface area contributed by atoms with Crippen molar-refractivity contribution >= 4 is 52.1 Å². The predicted octanol–water partition coefficient (Wildman–Crippen LogP) is 4.39. The first-order valence-corrected chi connectivity index (χ1v) is 8.00. The minimum Gasteiger partial charge on any atom is -0.374 e. The van der Waals surface area contributed by atoms with Gasteiger partial charge in [-0.15, -0.1) is 0 Å². The lowest BCUT2D eigenvalue weighted by molar-refractivity contribution is -0.116. The van der Waals surface area contributed by atoms with Crippen molar-refractivity contribution in [3.8, 4) is 0 Å². The molecule has 0 aromatic heterocycles. The zero-order chi connectivity index (χ0) is 17.7. The molecule has 0 aliphatic carbocycles. The van der Waals surface area contributed by atoms with Crippen LogP contribution in [0.5, 0.6) is 0 Å². The van der Waals surface area contributed by atoms with Gasteiger partial charge in [-0.1, -0.05) is 29.3 Å². The van der Waals surface area contributed by atoms with E-state index in [0.717, 1.165) is 0 Å². The summed E-state index contributed by atoms with van der Waals surface area (Å²) in [6.07, 6.45) is 0. The molecule has 0 saturated heterocycles. The highest BCUT2D eigenvalue weighted by Crippen LogP contribution is 2.23. The summed E-state index contributed by atoms with van der Waals surface area (Å²) < 4.78 is 0. The molecule has 0 aliphatic rings. The Hall–Kier alpha value is -2.24. The van der Waals surface area contributed by atoms with Crippen LogP contribution in [-0.2, 0) is 9.59 Å². The van der Waals surface area contributed by atoms with E-state index in [1.807, 2.05) is 6.07 Å². The fraction of sp³-hybridized carbons (Fsp3) is 0.176. The summed E-state index contributed by atoms with van der Waals surface area (Å²) in [4.78, 5) is 23.4. The van der Waals surface area contributed by atoms with E-state index in [9.17, 15) is 9.59 Å². The van der Waals surface area contributed by atoms with Crippen LogP contribution in [0.25, 0.3) is 0 Å². The summed E-state index contributed by atoms with van der Waals surface area (Å²) in [5, 5.41) is 9.41.